The summed E-state index contributed by atoms with van der Waals surface area (Å²) < 4.78 is 1.87. The number of amides is 2. The topological polar surface area (TPSA) is 40.6 Å². The minimum Gasteiger partial charge on any atom is -0.282 e. The molecule has 4 aromatic rings. The molecule has 0 radical (unpaired) electrons. The standard InChI is InChI=1S/C38H26Br2N2O2/c1-19-7-5-8-20(2)31(19)29-17-41-35(25-13-11-23(39)15-27(25)29)33-34(37(41)43)36-26-14-12-24(40)16-28(26)30(18-42(36)38(33)44)32-21(3)9-6-10-22(32)4/h5-18H,1-4H3. The van der Waals surface area contributed by atoms with E-state index in [-0.39, 0.29) is 11.8 Å². The first-order valence-electron chi connectivity index (χ1n) is 14.5. The van der Waals surface area contributed by atoms with Gasteiger partial charge in [-0.05, 0) is 96.5 Å². The normalized spacial score (nSPS) is 16.5. The van der Waals surface area contributed by atoms with Crippen LogP contribution in [0.3, 0.4) is 0 Å². The van der Waals surface area contributed by atoms with Crippen LogP contribution >= 0.6 is 31.9 Å². The van der Waals surface area contributed by atoms with Crippen LogP contribution in [0.5, 0.6) is 0 Å². The summed E-state index contributed by atoms with van der Waals surface area (Å²) in [5, 5.41) is 0. The van der Waals surface area contributed by atoms with Gasteiger partial charge < -0.3 is 0 Å². The van der Waals surface area contributed by atoms with Crippen molar-refractivity contribution in [1.82, 2.24) is 9.80 Å². The number of nitrogens with zero attached hydrogens (tertiary/aromatic N) is 2. The van der Waals surface area contributed by atoms with Crippen LogP contribution in [0.15, 0.2) is 105 Å². The van der Waals surface area contributed by atoms with Crippen molar-refractivity contribution in [2.75, 3.05) is 0 Å². The summed E-state index contributed by atoms with van der Waals surface area (Å²) in [5.41, 5.74) is 14.6. The van der Waals surface area contributed by atoms with Crippen molar-refractivity contribution >= 4 is 66.2 Å². The predicted octanol–water partition coefficient (Wildman–Crippen LogP) is 9.06. The lowest BCUT2D eigenvalue weighted by Gasteiger charge is -2.31. The van der Waals surface area contributed by atoms with Gasteiger partial charge in [0.2, 0.25) is 0 Å². The van der Waals surface area contributed by atoms with Crippen LogP contribution in [0.2, 0.25) is 0 Å². The molecule has 0 saturated carbocycles. The Hall–Kier alpha value is -4.26. The monoisotopic (exact) mass is 700 g/mol. The quantitative estimate of drug-likeness (QED) is 0.209. The van der Waals surface area contributed by atoms with E-state index in [1.165, 1.54) is 0 Å². The summed E-state index contributed by atoms with van der Waals surface area (Å²) in [6.45, 7) is 8.38. The number of benzene rings is 4. The Kier molecular flexibility index (Phi) is 5.97. The summed E-state index contributed by atoms with van der Waals surface area (Å²) >= 11 is 7.35. The molecular formula is C38H26Br2N2O2. The summed E-state index contributed by atoms with van der Waals surface area (Å²) in [6.07, 6.45) is 3.86. The number of carbonyl (C=O) groups excluding carboxylic acids is 2. The van der Waals surface area contributed by atoms with E-state index in [1.54, 1.807) is 9.80 Å². The first-order valence-corrected chi connectivity index (χ1v) is 16.1. The van der Waals surface area contributed by atoms with Gasteiger partial charge in [-0.3, -0.25) is 19.4 Å². The number of fused-ring (bicyclic) bond motifs is 7. The van der Waals surface area contributed by atoms with Crippen molar-refractivity contribution in [3.63, 3.8) is 0 Å². The Bertz CT molecular complexity index is 1990. The van der Waals surface area contributed by atoms with Crippen molar-refractivity contribution in [2.24, 2.45) is 0 Å². The summed E-state index contributed by atoms with van der Waals surface area (Å²) in [7, 11) is 0. The second kappa shape index (κ2) is 9.62. The molecule has 4 heterocycles. The summed E-state index contributed by atoms with van der Waals surface area (Å²) in [6, 6.07) is 24.7. The molecule has 4 aliphatic heterocycles. The highest BCUT2D eigenvalue weighted by Gasteiger charge is 2.51. The van der Waals surface area contributed by atoms with E-state index in [2.05, 4.69) is 108 Å². The molecule has 0 saturated heterocycles. The average molecular weight is 702 g/mol. The number of aryl methyl sites for hydroxylation is 4. The van der Waals surface area contributed by atoms with Gasteiger partial charge in [-0.25, -0.2) is 0 Å². The molecule has 0 N–H and O–H groups in total. The van der Waals surface area contributed by atoms with Gasteiger partial charge in [-0.1, -0.05) is 80.4 Å². The molecule has 0 bridgehead atoms. The van der Waals surface area contributed by atoms with Crippen LogP contribution in [-0.4, -0.2) is 21.6 Å². The first-order chi connectivity index (χ1) is 21.2. The van der Waals surface area contributed by atoms with Crippen molar-refractivity contribution in [2.45, 2.75) is 27.7 Å². The number of carbonyl (C=O) groups is 2. The predicted molar refractivity (Wildman–Crippen MR) is 182 cm³/mol. The fourth-order valence-electron chi connectivity index (χ4n) is 7.28. The van der Waals surface area contributed by atoms with Crippen LogP contribution in [0.1, 0.15) is 55.6 Å². The first kappa shape index (κ1) is 27.3. The van der Waals surface area contributed by atoms with Crippen LogP contribution in [0.25, 0.3) is 22.5 Å². The molecule has 0 fully saturated rings. The zero-order valence-corrected chi connectivity index (χ0v) is 27.7. The summed E-state index contributed by atoms with van der Waals surface area (Å²) in [5.74, 6) is -0.369. The minimum absolute atomic E-state index is 0.184. The fourth-order valence-corrected chi connectivity index (χ4v) is 8.00. The van der Waals surface area contributed by atoms with Gasteiger partial charge in [0, 0.05) is 43.6 Å². The highest BCUT2D eigenvalue weighted by Crippen LogP contribution is 2.54. The Morgan fingerprint density at radius 2 is 0.864 bits per heavy atom. The molecule has 6 heteroatoms. The Morgan fingerprint density at radius 3 is 1.23 bits per heavy atom. The molecule has 4 aliphatic rings. The average Bonchev–Trinajstić information content (AvgIpc) is 3.44. The molecule has 0 spiro atoms. The lowest BCUT2D eigenvalue weighted by Crippen LogP contribution is -2.28. The van der Waals surface area contributed by atoms with Gasteiger partial charge in [0.15, 0.2) is 0 Å². The molecule has 2 amide bonds. The molecule has 8 rings (SSSR count). The largest absolute Gasteiger partial charge is 0.282 e. The molecule has 0 aromatic heterocycles. The molecule has 214 valence electrons. The molecule has 44 heavy (non-hydrogen) atoms. The van der Waals surface area contributed by atoms with E-state index in [0.717, 1.165) is 75.7 Å². The van der Waals surface area contributed by atoms with Gasteiger partial charge in [-0.15, -0.1) is 0 Å². The fraction of sp³-hybridized carbons (Fsp3) is 0.105. The van der Waals surface area contributed by atoms with E-state index in [4.69, 9.17) is 0 Å². The maximum Gasteiger partial charge on any atom is 0.265 e. The van der Waals surface area contributed by atoms with Gasteiger partial charge in [-0.2, -0.15) is 0 Å². The SMILES string of the molecule is Cc1cccc(C)c1C1=CN2C(=O)C3=C4c5ccc(Br)cc5C(c5c(C)cccc5C)=CN4C(=O)C3=C2c2ccc(Br)cc21. The van der Waals surface area contributed by atoms with Crippen molar-refractivity contribution in [3.8, 4) is 0 Å². The lowest BCUT2D eigenvalue weighted by atomic mass is 9.85. The zero-order valence-electron chi connectivity index (χ0n) is 24.5. The molecule has 0 unspecified atom stereocenters. The number of hydrogen-bond acceptors (Lipinski definition) is 2. The van der Waals surface area contributed by atoms with Gasteiger partial charge in [0.05, 0.1) is 22.5 Å². The zero-order chi connectivity index (χ0) is 30.6. The minimum atomic E-state index is -0.184. The Morgan fingerprint density at radius 1 is 0.500 bits per heavy atom. The second-order valence-electron chi connectivity index (χ2n) is 11.8. The van der Waals surface area contributed by atoms with Crippen LogP contribution < -0.4 is 0 Å². The third-order valence-corrected chi connectivity index (χ3v) is 10.1. The smallest absolute Gasteiger partial charge is 0.265 e. The van der Waals surface area contributed by atoms with Crippen LogP contribution in [-0.2, 0) is 9.59 Å². The molecule has 4 nitrogen and oxygen atoms in total. The van der Waals surface area contributed by atoms with E-state index in [1.807, 2.05) is 36.7 Å². The summed E-state index contributed by atoms with van der Waals surface area (Å²) in [4.78, 5) is 32.5. The third-order valence-electron chi connectivity index (χ3n) is 9.14. The highest BCUT2D eigenvalue weighted by molar-refractivity contribution is 9.10. The van der Waals surface area contributed by atoms with Gasteiger partial charge in [0.1, 0.15) is 0 Å². The highest BCUT2D eigenvalue weighted by atomic mass is 79.9. The van der Waals surface area contributed by atoms with Crippen molar-refractivity contribution < 1.29 is 9.59 Å². The van der Waals surface area contributed by atoms with Crippen molar-refractivity contribution in [1.29, 1.82) is 0 Å². The van der Waals surface area contributed by atoms with E-state index < -0.39 is 0 Å². The third kappa shape index (κ3) is 3.67. The lowest BCUT2D eigenvalue weighted by molar-refractivity contribution is -0.122. The van der Waals surface area contributed by atoms with Crippen LogP contribution in [0, 0.1) is 27.7 Å². The molecule has 4 aromatic carbocycles. The molecular weight excluding hydrogens is 676 g/mol. The number of rotatable bonds is 2. The van der Waals surface area contributed by atoms with E-state index in [9.17, 15) is 9.59 Å². The number of hydrogen-bond donors (Lipinski definition) is 0. The van der Waals surface area contributed by atoms with Gasteiger partial charge >= 0.3 is 0 Å². The van der Waals surface area contributed by atoms with E-state index >= 15 is 0 Å². The van der Waals surface area contributed by atoms with E-state index in [0.29, 0.717) is 22.5 Å². The number of halogens is 2. The van der Waals surface area contributed by atoms with Crippen molar-refractivity contribution in [3.05, 3.63) is 161 Å². The Labute approximate surface area is 273 Å². The Balaban J connectivity index is 1.42. The second-order valence-corrected chi connectivity index (χ2v) is 13.6. The van der Waals surface area contributed by atoms with Crippen LogP contribution in [0.4, 0.5) is 0 Å². The molecule has 0 atom stereocenters. The maximum atomic E-state index is 14.5. The van der Waals surface area contributed by atoms with Gasteiger partial charge in [0.25, 0.3) is 11.8 Å². The molecule has 0 aliphatic carbocycles. The maximum absolute atomic E-state index is 14.5.